The van der Waals surface area contributed by atoms with Crippen LogP contribution in [0.2, 0.25) is 0 Å². The van der Waals surface area contributed by atoms with Gasteiger partial charge in [0.1, 0.15) is 16.0 Å². The van der Waals surface area contributed by atoms with E-state index in [1.165, 1.54) is 51.4 Å². The van der Waals surface area contributed by atoms with Gasteiger partial charge in [0.25, 0.3) is 0 Å². The zero-order valence-electron chi connectivity index (χ0n) is 14.5. The maximum Gasteiger partial charge on any atom is 0.182 e. The van der Waals surface area contributed by atoms with Gasteiger partial charge >= 0.3 is 0 Å². The fourth-order valence-corrected chi connectivity index (χ4v) is 3.38. The molecule has 0 saturated heterocycles. The first-order valence-corrected chi connectivity index (χ1v) is 9.52. The van der Waals surface area contributed by atoms with Crippen molar-refractivity contribution >= 4 is 35.6 Å². The normalized spacial score (nSPS) is 11.4. The van der Waals surface area contributed by atoms with Gasteiger partial charge in [-0.15, -0.1) is 0 Å². The van der Waals surface area contributed by atoms with E-state index in [-0.39, 0.29) is 0 Å². The molecule has 4 nitrogen and oxygen atoms in total. The van der Waals surface area contributed by atoms with Crippen LogP contribution in [0.25, 0.3) is 11.2 Å². The molecule has 2 rings (SSSR count). The van der Waals surface area contributed by atoms with Crippen LogP contribution in [0.4, 0.5) is 0 Å². The van der Waals surface area contributed by atoms with Crippen molar-refractivity contribution in [2.75, 3.05) is 0 Å². The predicted octanol–water partition coefficient (Wildman–Crippen LogP) is 5.38. The second-order valence-electron chi connectivity index (χ2n) is 6.31. The molecule has 1 N–H and O–H groups in total. The van der Waals surface area contributed by atoms with Gasteiger partial charge < -0.3 is 14.1 Å². The Hall–Kier alpha value is -1.01. The molecule has 0 spiro atoms. The Morgan fingerprint density at radius 2 is 1.52 bits per heavy atom. The van der Waals surface area contributed by atoms with Crippen LogP contribution in [0.3, 0.4) is 0 Å². The molecule has 2 aromatic rings. The molecule has 0 amide bonds. The lowest BCUT2D eigenvalue weighted by molar-refractivity contribution is 0.572. The van der Waals surface area contributed by atoms with Crippen LogP contribution in [0, 0.1) is 9.41 Å². The highest BCUT2D eigenvalue weighted by atomic mass is 32.1. The van der Waals surface area contributed by atoms with Crippen molar-refractivity contribution < 1.29 is 0 Å². The first-order chi connectivity index (χ1) is 11.1. The molecule has 0 atom stereocenters. The third-order valence-electron chi connectivity index (χ3n) is 4.41. The minimum absolute atomic E-state index is 0.702. The summed E-state index contributed by atoms with van der Waals surface area (Å²) >= 11 is 10.9. The summed E-state index contributed by atoms with van der Waals surface area (Å²) in [5.74, 6) is 1.02. The SMILES string of the molecule is CCCCCCCCCCc1nc2c([nH]1)c(=S)n(C)c(=S)n2C. The topological polar surface area (TPSA) is 38.5 Å². The number of aromatic amines is 1. The quantitative estimate of drug-likeness (QED) is 0.486. The summed E-state index contributed by atoms with van der Waals surface area (Å²) in [5.41, 5.74) is 1.79. The molecule has 0 saturated carbocycles. The standard InChI is InChI=1S/C17H28N4S2/c1-4-5-6-7-8-9-10-11-12-13-18-14-15(19-13)20(2)17(23)21(3)16(14)22/h4-12H2,1-3H3,(H,18,19). The second kappa shape index (κ2) is 8.73. The van der Waals surface area contributed by atoms with E-state index in [1.54, 1.807) is 0 Å². The summed E-state index contributed by atoms with van der Waals surface area (Å²) in [4.78, 5) is 8.08. The van der Waals surface area contributed by atoms with Crippen molar-refractivity contribution in [3.63, 3.8) is 0 Å². The number of fused-ring (bicyclic) bond motifs is 1. The van der Waals surface area contributed by atoms with Crippen molar-refractivity contribution in [2.45, 2.75) is 64.7 Å². The van der Waals surface area contributed by atoms with E-state index in [9.17, 15) is 0 Å². The van der Waals surface area contributed by atoms with Crippen molar-refractivity contribution in [2.24, 2.45) is 14.1 Å². The number of aryl methyl sites for hydroxylation is 2. The van der Waals surface area contributed by atoms with Gasteiger partial charge in [-0.3, -0.25) is 0 Å². The third-order valence-corrected chi connectivity index (χ3v) is 5.44. The molecule has 128 valence electrons. The summed E-state index contributed by atoms with van der Waals surface area (Å²) in [6.45, 7) is 2.26. The van der Waals surface area contributed by atoms with E-state index < -0.39 is 0 Å². The maximum atomic E-state index is 5.47. The van der Waals surface area contributed by atoms with E-state index in [1.807, 2.05) is 23.2 Å². The Bertz CT molecular complexity index is 754. The van der Waals surface area contributed by atoms with Crippen molar-refractivity contribution in [1.82, 2.24) is 19.1 Å². The Labute approximate surface area is 148 Å². The highest BCUT2D eigenvalue weighted by molar-refractivity contribution is 7.72. The molecular formula is C17H28N4S2. The number of aromatic nitrogens is 4. The fourth-order valence-electron chi connectivity index (χ4n) is 2.92. The number of hydrogen-bond donors (Lipinski definition) is 1. The number of unbranched alkanes of at least 4 members (excludes halogenated alkanes) is 7. The van der Waals surface area contributed by atoms with Crippen LogP contribution < -0.4 is 0 Å². The van der Waals surface area contributed by atoms with Crippen molar-refractivity contribution in [3.8, 4) is 0 Å². The second-order valence-corrected chi connectivity index (χ2v) is 7.06. The first kappa shape index (κ1) is 18.3. The summed E-state index contributed by atoms with van der Waals surface area (Å²) in [6, 6.07) is 0. The van der Waals surface area contributed by atoms with Gasteiger partial charge in [0, 0.05) is 20.5 Å². The average molecular weight is 353 g/mol. The Morgan fingerprint density at radius 1 is 0.913 bits per heavy atom. The van der Waals surface area contributed by atoms with Crippen LogP contribution >= 0.6 is 24.4 Å². The van der Waals surface area contributed by atoms with E-state index in [0.29, 0.717) is 4.77 Å². The summed E-state index contributed by atoms with van der Waals surface area (Å²) in [7, 11) is 3.85. The van der Waals surface area contributed by atoms with Gasteiger partial charge in [-0.25, -0.2) is 4.98 Å². The van der Waals surface area contributed by atoms with Gasteiger partial charge in [0.2, 0.25) is 0 Å². The molecule has 2 heterocycles. The molecule has 0 aliphatic carbocycles. The molecule has 0 aromatic carbocycles. The number of rotatable bonds is 9. The Morgan fingerprint density at radius 3 is 2.17 bits per heavy atom. The predicted molar refractivity (Wildman–Crippen MR) is 102 cm³/mol. The maximum absolute atomic E-state index is 5.47. The van der Waals surface area contributed by atoms with Crippen molar-refractivity contribution in [1.29, 1.82) is 0 Å². The number of H-pyrrole nitrogens is 1. The highest BCUT2D eigenvalue weighted by Gasteiger charge is 2.09. The number of hydrogen-bond acceptors (Lipinski definition) is 3. The lowest BCUT2D eigenvalue weighted by Gasteiger charge is -2.05. The van der Waals surface area contributed by atoms with Gasteiger partial charge in [0.15, 0.2) is 10.4 Å². The van der Waals surface area contributed by atoms with Crippen LogP contribution in [0.15, 0.2) is 0 Å². The van der Waals surface area contributed by atoms with Gasteiger partial charge in [0.05, 0.1) is 0 Å². The number of nitrogens with one attached hydrogen (secondary N) is 1. The van der Waals surface area contributed by atoms with Crippen LogP contribution in [0.5, 0.6) is 0 Å². The highest BCUT2D eigenvalue weighted by Crippen LogP contribution is 2.15. The molecule has 0 radical (unpaired) electrons. The van der Waals surface area contributed by atoms with Crippen LogP contribution in [-0.4, -0.2) is 19.1 Å². The first-order valence-electron chi connectivity index (χ1n) is 8.70. The smallest absolute Gasteiger partial charge is 0.182 e. The molecule has 6 heteroatoms. The van der Waals surface area contributed by atoms with Gasteiger partial charge in [-0.1, -0.05) is 64.1 Å². The monoisotopic (exact) mass is 352 g/mol. The van der Waals surface area contributed by atoms with Crippen LogP contribution in [0.1, 0.15) is 64.1 Å². The summed E-state index contributed by atoms with van der Waals surface area (Å²) in [5, 5.41) is 0. The number of nitrogens with zero attached hydrogens (tertiary/aromatic N) is 3. The van der Waals surface area contributed by atoms with Crippen molar-refractivity contribution in [3.05, 3.63) is 15.2 Å². The molecule has 0 aliphatic heterocycles. The average Bonchev–Trinajstić information content (AvgIpc) is 2.98. The molecule has 0 unspecified atom stereocenters. The Kier molecular flexibility index (Phi) is 6.96. The van der Waals surface area contributed by atoms with Crippen LogP contribution in [-0.2, 0) is 20.5 Å². The van der Waals surface area contributed by atoms with E-state index >= 15 is 0 Å². The third kappa shape index (κ3) is 4.51. The molecule has 0 bridgehead atoms. The number of imidazole rings is 1. The lowest BCUT2D eigenvalue weighted by atomic mass is 10.1. The van der Waals surface area contributed by atoms with E-state index in [2.05, 4.69) is 11.9 Å². The zero-order valence-corrected chi connectivity index (χ0v) is 16.2. The lowest BCUT2D eigenvalue weighted by Crippen LogP contribution is -2.05. The molecular weight excluding hydrogens is 324 g/mol. The van der Waals surface area contributed by atoms with Gasteiger partial charge in [-0.2, -0.15) is 0 Å². The Balaban J connectivity index is 1.90. The molecule has 0 fully saturated rings. The molecule has 2 aromatic heterocycles. The minimum Gasteiger partial charge on any atom is -0.338 e. The summed E-state index contributed by atoms with van der Waals surface area (Å²) < 4.78 is 5.21. The molecule has 0 aliphatic rings. The largest absolute Gasteiger partial charge is 0.338 e. The zero-order chi connectivity index (χ0) is 16.8. The fraction of sp³-hybridized carbons (Fsp3) is 0.706. The van der Waals surface area contributed by atoms with E-state index in [0.717, 1.165) is 28.0 Å². The van der Waals surface area contributed by atoms with Gasteiger partial charge in [-0.05, 0) is 18.6 Å². The minimum atomic E-state index is 0.702. The summed E-state index contributed by atoms with van der Waals surface area (Å²) in [6.07, 6.45) is 11.6. The molecule has 23 heavy (non-hydrogen) atoms. The van der Waals surface area contributed by atoms with E-state index in [4.69, 9.17) is 29.4 Å².